The fourth-order valence-corrected chi connectivity index (χ4v) is 3.27. The Balaban J connectivity index is 1.90. The second-order valence-electron chi connectivity index (χ2n) is 6.59. The van der Waals surface area contributed by atoms with Gasteiger partial charge in [0.25, 0.3) is 5.91 Å². The molecule has 156 valence electrons. The Kier molecular flexibility index (Phi) is 7.01. The van der Waals surface area contributed by atoms with E-state index in [-0.39, 0.29) is 17.1 Å². The minimum Gasteiger partial charge on any atom is -0.496 e. The molecule has 31 heavy (non-hydrogen) atoms. The van der Waals surface area contributed by atoms with Crippen LogP contribution in [0.15, 0.2) is 66.2 Å². The Hall–Kier alpha value is -3.69. The lowest BCUT2D eigenvalue weighted by Gasteiger charge is -2.13. The number of halogens is 3. The SMILES string of the molecule is COc1cc(/C=C(\C#N)C(=O)Nc2ccccc2F)cc(Cl)c1Cc1cccc(F)c1. The van der Waals surface area contributed by atoms with E-state index in [1.54, 1.807) is 30.3 Å². The number of hydrogen-bond acceptors (Lipinski definition) is 3. The molecule has 0 aliphatic heterocycles. The van der Waals surface area contributed by atoms with Gasteiger partial charge in [0.15, 0.2) is 0 Å². The topological polar surface area (TPSA) is 62.1 Å². The van der Waals surface area contributed by atoms with E-state index in [1.165, 1.54) is 43.5 Å². The van der Waals surface area contributed by atoms with Gasteiger partial charge in [0.1, 0.15) is 29.0 Å². The van der Waals surface area contributed by atoms with Crippen molar-refractivity contribution in [3.8, 4) is 11.8 Å². The van der Waals surface area contributed by atoms with Crippen LogP contribution in [0.1, 0.15) is 16.7 Å². The van der Waals surface area contributed by atoms with E-state index in [9.17, 15) is 18.8 Å². The van der Waals surface area contributed by atoms with Crippen molar-refractivity contribution in [2.75, 3.05) is 12.4 Å². The zero-order valence-electron chi connectivity index (χ0n) is 16.5. The maximum atomic E-state index is 13.8. The Bertz CT molecular complexity index is 1200. The van der Waals surface area contributed by atoms with Gasteiger partial charge in [-0.15, -0.1) is 0 Å². The van der Waals surface area contributed by atoms with Gasteiger partial charge in [-0.3, -0.25) is 4.79 Å². The number of anilines is 1. The summed E-state index contributed by atoms with van der Waals surface area (Å²) >= 11 is 6.42. The minimum absolute atomic E-state index is 0.0327. The maximum Gasteiger partial charge on any atom is 0.266 e. The third-order valence-electron chi connectivity index (χ3n) is 4.46. The molecule has 0 unspecified atom stereocenters. The number of amides is 1. The first-order valence-electron chi connectivity index (χ1n) is 9.19. The number of rotatable bonds is 6. The molecule has 0 saturated heterocycles. The first-order valence-corrected chi connectivity index (χ1v) is 9.57. The molecule has 0 aromatic heterocycles. The van der Waals surface area contributed by atoms with Crippen molar-refractivity contribution in [3.05, 3.63) is 99.6 Å². The van der Waals surface area contributed by atoms with E-state index in [0.717, 1.165) is 0 Å². The van der Waals surface area contributed by atoms with E-state index in [4.69, 9.17) is 16.3 Å². The van der Waals surface area contributed by atoms with Crippen LogP contribution in [-0.4, -0.2) is 13.0 Å². The number of ether oxygens (including phenoxy) is 1. The predicted molar refractivity (Wildman–Crippen MR) is 116 cm³/mol. The van der Waals surface area contributed by atoms with Gasteiger partial charge in [-0.2, -0.15) is 5.26 Å². The number of benzene rings is 3. The molecule has 1 N–H and O–H groups in total. The zero-order chi connectivity index (χ0) is 22.4. The average molecular weight is 439 g/mol. The summed E-state index contributed by atoms with van der Waals surface area (Å²) in [5, 5.41) is 12.1. The van der Waals surface area contributed by atoms with Crippen molar-refractivity contribution in [3.63, 3.8) is 0 Å². The lowest BCUT2D eigenvalue weighted by atomic mass is 10.0. The molecule has 0 heterocycles. The van der Waals surface area contributed by atoms with Gasteiger partial charge >= 0.3 is 0 Å². The summed E-state index contributed by atoms with van der Waals surface area (Å²) in [6.45, 7) is 0. The Morgan fingerprint density at radius 1 is 1.16 bits per heavy atom. The predicted octanol–water partition coefficient (Wildman–Crippen LogP) is 5.76. The number of carbonyl (C=O) groups excluding carboxylic acids is 1. The molecule has 0 fully saturated rings. The Labute approximate surface area is 183 Å². The second kappa shape index (κ2) is 9.88. The molecule has 1 amide bonds. The molecule has 0 saturated carbocycles. The highest BCUT2D eigenvalue weighted by Crippen LogP contribution is 2.32. The van der Waals surface area contributed by atoms with Gasteiger partial charge < -0.3 is 10.1 Å². The maximum absolute atomic E-state index is 13.8. The van der Waals surface area contributed by atoms with Crippen LogP contribution in [0, 0.1) is 23.0 Å². The summed E-state index contributed by atoms with van der Waals surface area (Å²) in [5.74, 6) is -1.30. The van der Waals surface area contributed by atoms with Crippen molar-refractivity contribution in [2.24, 2.45) is 0 Å². The molecular formula is C24H17ClF2N2O2. The van der Waals surface area contributed by atoms with Crippen molar-refractivity contribution in [2.45, 2.75) is 6.42 Å². The molecule has 7 heteroatoms. The second-order valence-corrected chi connectivity index (χ2v) is 7.00. The van der Waals surface area contributed by atoms with E-state index >= 15 is 0 Å². The average Bonchev–Trinajstić information content (AvgIpc) is 2.75. The third kappa shape index (κ3) is 5.47. The van der Waals surface area contributed by atoms with Crippen LogP contribution in [-0.2, 0) is 11.2 Å². The van der Waals surface area contributed by atoms with Gasteiger partial charge in [-0.1, -0.05) is 35.9 Å². The highest BCUT2D eigenvalue weighted by Gasteiger charge is 2.15. The van der Waals surface area contributed by atoms with E-state index in [1.807, 2.05) is 6.07 Å². The zero-order valence-corrected chi connectivity index (χ0v) is 17.2. The van der Waals surface area contributed by atoms with Gasteiger partial charge in [0.2, 0.25) is 0 Å². The largest absolute Gasteiger partial charge is 0.496 e. The molecular weight excluding hydrogens is 422 g/mol. The van der Waals surface area contributed by atoms with E-state index in [2.05, 4.69) is 5.32 Å². The van der Waals surface area contributed by atoms with Gasteiger partial charge in [0, 0.05) is 17.0 Å². The summed E-state index contributed by atoms with van der Waals surface area (Å²) in [6, 6.07) is 16.8. The van der Waals surface area contributed by atoms with Crippen LogP contribution in [0.3, 0.4) is 0 Å². The highest BCUT2D eigenvalue weighted by atomic mass is 35.5. The number of hydrogen-bond donors (Lipinski definition) is 1. The van der Waals surface area contributed by atoms with Crippen LogP contribution < -0.4 is 10.1 Å². The van der Waals surface area contributed by atoms with Crippen LogP contribution in [0.4, 0.5) is 14.5 Å². The lowest BCUT2D eigenvalue weighted by molar-refractivity contribution is -0.112. The van der Waals surface area contributed by atoms with E-state index < -0.39 is 11.7 Å². The Morgan fingerprint density at radius 2 is 1.94 bits per heavy atom. The normalized spacial score (nSPS) is 11.0. The van der Waals surface area contributed by atoms with E-state index in [0.29, 0.717) is 33.9 Å². The molecule has 0 aliphatic rings. The summed E-state index contributed by atoms with van der Waals surface area (Å²) in [7, 11) is 1.46. The highest BCUT2D eigenvalue weighted by molar-refractivity contribution is 6.31. The lowest BCUT2D eigenvalue weighted by Crippen LogP contribution is -2.14. The fraction of sp³-hybridized carbons (Fsp3) is 0.0833. The standard InChI is InChI=1S/C24H17ClF2N2O2/c1-31-23-13-16(12-20(25)19(23)11-15-5-4-6-18(26)10-15)9-17(14-28)24(30)29-22-8-3-2-7-21(22)27/h2-10,12-13H,11H2,1H3,(H,29,30)/b17-9+. The first-order chi connectivity index (χ1) is 14.9. The minimum atomic E-state index is -0.758. The van der Waals surface area contributed by atoms with Gasteiger partial charge in [-0.25, -0.2) is 8.78 Å². The quantitative estimate of drug-likeness (QED) is 0.393. The molecule has 0 radical (unpaired) electrons. The number of nitriles is 1. The van der Waals surface area contributed by atoms with Gasteiger partial charge in [-0.05, 0) is 53.6 Å². The molecule has 0 spiro atoms. The molecule has 0 atom stereocenters. The van der Waals surface area contributed by atoms with Crippen LogP contribution in [0.2, 0.25) is 5.02 Å². The molecule has 4 nitrogen and oxygen atoms in total. The summed E-state index contributed by atoms with van der Waals surface area (Å²) < 4.78 is 32.7. The fourth-order valence-electron chi connectivity index (χ4n) is 2.99. The van der Waals surface area contributed by atoms with Crippen molar-refractivity contribution < 1.29 is 18.3 Å². The summed E-state index contributed by atoms with van der Waals surface area (Å²) in [5.41, 5.74) is 1.53. The molecule has 3 aromatic rings. The van der Waals surface area contributed by atoms with Gasteiger partial charge in [0.05, 0.1) is 12.8 Å². The van der Waals surface area contributed by atoms with Crippen LogP contribution in [0.25, 0.3) is 6.08 Å². The van der Waals surface area contributed by atoms with Crippen molar-refractivity contribution in [1.82, 2.24) is 0 Å². The number of nitrogens with zero attached hydrogens (tertiary/aromatic N) is 1. The third-order valence-corrected chi connectivity index (χ3v) is 4.80. The number of para-hydroxylation sites is 1. The molecule has 3 rings (SSSR count). The smallest absolute Gasteiger partial charge is 0.266 e. The number of methoxy groups -OCH3 is 1. The van der Waals surface area contributed by atoms with Crippen LogP contribution in [0.5, 0.6) is 5.75 Å². The molecule has 0 bridgehead atoms. The number of carbonyl (C=O) groups is 1. The first kappa shape index (κ1) is 22.0. The van der Waals surface area contributed by atoms with Crippen molar-refractivity contribution >= 4 is 29.3 Å². The number of nitrogens with one attached hydrogen (secondary N) is 1. The summed E-state index contributed by atoms with van der Waals surface area (Å²) in [4.78, 5) is 12.4. The molecule has 3 aromatic carbocycles. The van der Waals surface area contributed by atoms with Crippen LogP contribution >= 0.6 is 11.6 Å². The molecule has 0 aliphatic carbocycles. The van der Waals surface area contributed by atoms with Crippen molar-refractivity contribution in [1.29, 1.82) is 5.26 Å². The Morgan fingerprint density at radius 3 is 2.61 bits per heavy atom. The monoisotopic (exact) mass is 438 g/mol. The summed E-state index contributed by atoms with van der Waals surface area (Å²) in [6.07, 6.45) is 1.67.